The predicted octanol–water partition coefficient (Wildman–Crippen LogP) is 2.27. The van der Waals surface area contributed by atoms with Crippen LogP contribution in [0.5, 0.6) is 0 Å². The summed E-state index contributed by atoms with van der Waals surface area (Å²) in [5.74, 6) is 0.194. The molecule has 5 nitrogen and oxygen atoms in total. The molecule has 0 aliphatic heterocycles. The molecular formula is C12H21FN4O. The summed E-state index contributed by atoms with van der Waals surface area (Å²) < 4.78 is 18.7. The SMILES string of the molecule is CCCC(COC)Nc1nc(NCC)ncc1F. The van der Waals surface area contributed by atoms with Crippen LogP contribution in [-0.2, 0) is 4.74 Å². The maximum absolute atomic E-state index is 13.6. The summed E-state index contributed by atoms with van der Waals surface area (Å²) in [5, 5.41) is 6.01. The van der Waals surface area contributed by atoms with Crippen LogP contribution >= 0.6 is 0 Å². The Morgan fingerprint density at radius 2 is 2.22 bits per heavy atom. The molecule has 1 aromatic heterocycles. The van der Waals surface area contributed by atoms with Crippen molar-refractivity contribution in [1.82, 2.24) is 9.97 Å². The predicted molar refractivity (Wildman–Crippen MR) is 70.3 cm³/mol. The Bertz CT molecular complexity index is 356. The van der Waals surface area contributed by atoms with Gasteiger partial charge in [-0.1, -0.05) is 13.3 Å². The normalized spacial score (nSPS) is 12.2. The Hall–Kier alpha value is -1.43. The standard InChI is InChI=1S/C12H21FN4O/c1-4-6-9(8-18-3)16-11-10(13)7-15-12(17-11)14-5-2/h7,9H,4-6,8H2,1-3H3,(H2,14,15,16,17). The first kappa shape index (κ1) is 14.6. The minimum Gasteiger partial charge on any atom is -0.383 e. The molecular weight excluding hydrogens is 235 g/mol. The smallest absolute Gasteiger partial charge is 0.224 e. The van der Waals surface area contributed by atoms with Crippen LogP contribution in [0.15, 0.2) is 6.20 Å². The van der Waals surface area contributed by atoms with E-state index in [1.54, 1.807) is 7.11 Å². The van der Waals surface area contributed by atoms with Gasteiger partial charge in [-0.3, -0.25) is 0 Å². The largest absolute Gasteiger partial charge is 0.383 e. The van der Waals surface area contributed by atoms with Gasteiger partial charge in [-0.15, -0.1) is 0 Å². The van der Waals surface area contributed by atoms with E-state index >= 15 is 0 Å². The number of aromatic nitrogens is 2. The topological polar surface area (TPSA) is 59.1 Å². The van der Waals surface area contributed by atoms with Crippen molar-refractivity contribution in [2.75, 3.05) is 30.9 Å². The third-order valence-corrected chi connectivity index (χ3v) is 2.42. The lowest BCUT2D eigenvalue weighted by Crippen LogP contribution is -2.26. The van der Waals surface area contributed by atoms with E-state index in [2.05, 4.69) is 27.5 Å². The zero-order valence-corrected chi connectivity index (χ0v) is 11.2. The van der Waals surface area contributed by atoms with Crippen LogP contribution in [0.25, 0.3) is 0 Å². The van der Waals surface area contributed by atoms with Gasteiger partial charge in [-0.25, -0.2) is 9.37 Å². The molecule has 1 atom stereocenters. The minimum absolute atomic E-state index is 0.0545. The van der Waals surface area contributed by atoms with Gasteiger partial charge in [0.2, 0.25) is 5.95 Å². The number of hydrogen-bond acceptors (Lipinski definition) is 5. The van der Waals surface area contributed by atoms with Gasteiger partial charge in [0.1, 0.15) is 0 Å². The molecule has 0 saturated heterocycles. The van der Waals surface area contributed by atoms with Crippen LogP contribution in [-0.4, -0.2) is 36.3 Å². The average molecular weight is 256 g/mol. The second-order valence-electron chi connectivity index (χ2n) is 4.01. The molecule has 18 heavy (non-hydrogen) atoms. The van der Waals surface area contributed by atoms with E-state index in [1.165, 1.54) is 6.20 Å². The molecule has 0 amide bonds. The van der Waals surface area contributed by atoms with Crippen molar-refractivity contribution in [3.8, 4) is 0 Å². The van der Waals surface area contributed by atoms with Gasteiger partial charge in [-0.2, -0.15) is 4.98 Å². The average Bonchev–Trinajstić information content (AvgIpc) is 2.34. The molecule has 1 unspecified atom stereocenters. The summed E-state index contributed by atoms with van der Waals surface area (Å²) in [4.78, 5) is 7.96. The van der Waals surface area contributed by atoms with Gasteiger partial charge in [0.05, 0.1) is 18.8 Å². The number of nitrogens with one attached hydrogen (secondary N) is 2. The first-order valence-electron chi connectivity index (χ1n) is 6.23. The molecule has 0 fully saturated rings. The number of ether oxygens (including phenoxy) is 1. The van der Waals surface area contributed by atoms with Crippen molar-refractivity contribution < 1.29 is 9.13 Å². The molecule has 1 rings (SSSR count). The highest BCUT2D eigenvalue weighted by Gasteiger charge is 2.12. The summed E-state index contributed by atoms with van der Waals surface area (Å²) in [5.41, 5.74) is 0. The van der Waals surface area contributed by atoms with Crippen molar-refractivity contribution in [2.24, 2.45) is 0 Å². The highest BCUT2D eigenvalue weighted by atomic mass is 19.1. The Morgan fingerprint density at radius 1 is 1.44 bits per heavy atom. The monoisotopic (exact) mass is 256 g/mol. The lowest BCUT2D eigenvalue weighted by atomic mass is 10.2. The van der Waals surface area contributed by atoms with E-state index in [0.29, 0.717) is 19.1 Å². The summed E-state index contributed by atoms with van der Waals surface area (Å²) >= 11 is 0. The molecule has 0 aliphatic carbocycles. The van der Waals surface area contributed by atoms with Gasteiger partial charge in [-0.05, 0) is 13.3 Å². The van der Waals surface area contributed by atoms with Gasteiger partial charge in [0.25, 0.3) is 0 Å². The Morgan fingerprint density at radius 3 is 2.83 bits per heavy atom. The van der Waals surface area contributed by atoms with E-state index in [-0.39, 0.29) is 11.9 Å². The van der Waals surface area contributed by atoms with E-state index in [4.69, 9.17) is 4.74 Å². The first-order valence-corrected chi connectivity index (χ1v) is 6.23. The van der Waals surface area contributed by atoms with E-state index in [0.717, 1.165) is 12.8 Å². The molecule has 0 aliphatic rings. The van der Waals surface area contributed by atoms with Crippen molar-refractivity contribution >= 4 is 11.8 Å². The second-order valence-corrected chi connectivity index (χ2v) is 4.01. The van der Waals surface area contributed by atoms with Crippen LogP contribution < -0.4 is 10.6 Å². The van der Waals surface area contributed by atoms with Crippen LogP contribution in [0, 0.1) is 5.82 Å². The summed E-state index contributed by atoms with van der Waals surface area (Å²) in [6.07, 6.45) is 3.06. The van der Waals surface area contributed by atoms with Crippen molar-refractivity contribution in [3.63, 3.8) is 0 Å². The summed E-state index contributed by atoms with van der Waals surface area (Å²) in [6, 6.07) is 0.0545. The number of nitrogens with zero attached hydrogens (tertiary/aromatic N) is 2. The van der Waals surface area contributed by atoms with Crippen molar-refractivity contribution in [2.45, 2.75) is 32.7 Å². The quantitative estimate of drug-likeness (QED) is 0.747. The molecule has 0 spiro atoms. The highest BCUT2D eigenvalue weighted by molar-refractivity contribution is 5.41. The third-order valence-electron chi connectivity index (χ3n) is 2.42. The highest BCUT2D eigenvalue weighted by Crippen LogP contribution is 2.14. The molecule has 0 aromatic carbocycles. The van der Waals surface area contributed by atoms with E-state index in [1.807, 2.05) is 6.92 Å². The molecule has 0 bridgehead atoms. The molecule has 102 valence electrons. The zero-order chi connectivity index (χ0) is 13.4. The number of methoxy groups -OCH3 is 1. The third kappa shape index (κ3) is 4.44. The van der Waals surface area contributed by atoms with Crippen LogP contribution in [0.4, 0.5) is 16.2 Å². The van der Waals surface area contributed by atoms with Crippen molar-refractivity contribution in [3.05, 3.63) is 12.0 Å². The number of anilines is 2. The molecule has 1 aromatic rings. The molecule has 0 radical (unpaired) electrons. The van der Waals surface area contributed by atoms with Gasteiger partial charge in [0.15, 0.2) is 11.6 Å². The molecule has 1 heterocycles. The Labute approximate surface area is 107 Å². The van der Waals surface area contributed by atoms with E-state index < -0.39 is 5.82 Å². The lowest BCUT2D eigenvalue weighted by molar-refractivity contribution is 0.182. The number of rotatable bonds is 8. The number of halogens is 1. The Kier molecular flexibility index (Phi) is 6.35. The lowest BCUT2D eigenvalue weighted by Gasteiger charge is -2.18. The fraction of sp³-hybridized carbons (Fsp3) is 0.667. The maximum Gasteiger partial charge on any atom is 0.224 e. The molecule has 2 N–H and O–H groups in total. The maximum atomic E-state index is 13.6. The first-order chi connectivity index (χ1) is 8.71. The fourth-order valence-electron chi connectivity index (χ4n) is 1.65. The van der Waals surface area contributed by atoms with Crippen molar-refractivity contribution in [1.29, 1.82) is 0 Å². The van der Waals surface area contributed by atoms with Gasteiger partial charge >= 0.3 is 0 Å². The van der Waals surface area contributed by atoms with Gasteiger partial charge < -0.3 is 15.4 Å². The fourth-order valence-corrected chi connectivity index (χ4v) is 1.65. The van der Waals surface area contributed by atoms with Crippen LogP contribution in [0.2, 0.25) is 0 Å². The van der Waals surface area contributed by atoms with Crippen LogP contribution in [0.1, 0.15) is 26.7 Å². The Balaban J connectivity index is 2.76. The van der Waals surface area contributed by atoms with Gasteiger partial charge in [0, 0.05) is 13.7 Å². The number of hydrogen-bond donors (Lipinski definition) is 2. The van der Waals surface area contributed by atoms with Crippen LogP contribution in [0.3, 0.4) is 0 Å². The molecule has 0 saturated carbocycles. The minimum atomic E-state index is -0.450. The molecule has 6 heteroatoms. The van der Waals surface area contributed by atoms with E-state index in [9.17, 15) is 4.39 Å². The second kappa shape index (κ2) is 7.81. The summed E-state index contributed by atoms with van der Waals surface area (Å²) in [7, 11) is 1.63. The zero-order valence-electron chi connectivity index (χ0n) is 11.2. The summed E-state index contributed by atoms with van der Waals surface area (Å²) in [6.45, 7) is 5.23.